The van der Waals surface area contributed by atoms with Gasteiger partial charge in [0.15, 0.2) is 0 Å². The van der Waals surface area contributed by atoms with Crippen molar-refractivity contribution in [2.75, 3.05) is 0 Å². The summed E-state index contributed by atoms with van der Waals surface area (Å²) in [6, 6.07) is 10.5. The zero-order valence-corrected chi connectivity index (χ0v) is 11.9. The maximum atomic E-state index is 5.21. The van der Waals surface area contributed by atoms with E-state index in [2.05, 4.69) is 41.7 Å². The van der Waals surface area contributed by atoms with Crippen LogP contribution in [0.25, 0.3) is 16.2 Å². The van der Waals surface area contributed by atoms with E-state index < -0.39 is 0 Å². The zero-order valence-electron chi connectivity index (χ0n) is 8.60. The van der Waals surface area contributed by atoms with Crippen molar-refractivity contribution in [2.24, 2.45) is 0 Å². The normalized spacial score (nSPS) is 18.0. The van der Waals surface area contributed by atoms with Gasteiger partial charge in [-0.1, -0.05) is 54.4 Å². The molecular formula is C12H7NS4. The van der Waals surface area contributed by atoms with Crippen LogP contribution in [0, 0.1) is 0 Å². The Morgan fingerprint density at radius 2 is 2.00 bits per heavy atom. The molecule has 2 aromatic rings. The van der Waals surface area contributed by atoms with Crippen LogP contribution in [0.1, 0.15) is 4.88 Å². The van der Waals surface area contributed by atoms with E-state index in [-0.39, 0.29) is 0 Å². The maximum absolute atomic E-state index is 5.21. The van der Waals surface area contributed by atoms with Crippen LogP contribution in [-0.4, -0.2) is 9.31 Å². The van der Waals surface area contributed by atoms with Crippen LogP contribution in [0.5, 0.6) is 0 Å². The molecule has 1 fully saturated rings. The van der Waals surface area contributed by atoms with Gasteiger partial charge in [0.05, 0.1) is 4.91 Å². The molecule has 0 amide bonds. The lowest BCUT2D eigenvalue weighted by molar-refractivity contribution is 1.52. The zero-order chi connectivity index (χ0) is 11.8. The van der Waals surface area contributed by atoms with Gasteiger partial charge in [0.1, 0.15) is 9.31 Å². The number of thiophene rings is 1. The number of hydrogen-bond acceptors (Lipinski definition) is 4. The van der Waals surface area contributed by atoms with E-state index in [9.17, 15) is 0 Å². The first-order valence-electron chi connectivity index (χ1n) is 4.96. The van der Waals surface area contributed by atoms with Gasteiger partial charge in [-0.2, -0.15) is 0 Å². The lowest BCUT2D eigenvalue weighted by Crippen LogP contribution is -2.15. The van der Waals surface area contributed by atoms with E-state index in [4.69, 9.17) is 24.4 Å². The van der Waals surface area contributed by atoms with Crippen molar-refractivity contribution < 1.29 is 0 Å². The van der Waals surface area contributed by atoms with Crippen molar-refractivity contribution in [3.8, 4) is 0 Å². The van der Waals surface area contributed by atoms with Crippen molar-refractivity contribution in [1.82, 2.24) is 5.32 Å². The quantitative estimate of drug-likeness (QED) is 0.624. The number of benzene rings is 1. The molecule has 0 unspecified atom stereocenters. The number of rotatable bonds is 1. The average molecular weight is 293 g/mol. The van der Waals surface area contributed by atoms with Crippen molar-refractivity contribution in [1.29, 1.82) is 0 Å². The van der Waals surface area contributed by atoms with Gasteiger partial charge in [0.2, 0.25) is 0 Å². The van der Waals surface area contributed by atoms with Gasteiger partial charge in [-0.05, 0) is 23.6 Å². The van der Waals surface area contributed by atoms with E-state index in [1.54, 1.807) is 11.3 Å². The van der Waals surface area contributed by atoms with E-state index in [1.807, 2.05) is 0 Å². The maximum Gasteiger partial charge on any atom is 0.143 e. The Morgan fingerprint density at radius 3 is 2.71 bits per heavy atom. The number of nitrogens with one attached hydrogen (secondary N) is 1. The lowest BCUT2D eigenvalue weighted by Gasteiger charge is -1.91. The molecule has 0 spiro atoms. The fourth-order valence-electron chi connectivity index (χ4n) is 1.62. The van der Waals surface area contributed by atoms with Crippen molar-refractivity contribution in [3.63, 3.8) is 0 Å². The van der Waals surface area contributed by atoms with Gasteiger partial charge in [0.25, 0.3) is 0 Å². The highest BCUT2D eigenvalue weighted by Crippen LogP contribution is 2.31. The third-order valence-corrected chi connectivity index (χ3v) is 5.06. The van der Waals surface area contributed by atoms with Crippen molar-refractivity contribution in [3.05, 3.63) is 40.1 Å². The second-order valence-electron chi connectivity index (χ2n) is 3.54. The van der Waals surface area contributed by atoms with E-state index in [1.165, 1.54) is 26.7 Å². The minimum Gasteiger partial charge on any atom is -0.331 e. The standard InChI is InChI=1S/C12H7NS4/c14-11-10(17-12(15)13-11)6-8-5-7-3-1-2-4-9(7)16-8/h1-6H,(H,13,14,15). The van der Waals surface area contributed by atoms with Crippen LogP contribution in [0.4, 0.5) is 0 Å². The molecule has 2 heterocycles. The Hall–Kier alpha value is -0.750. The molecule has 1 aromatic carbocycles. The van der Waals surface area contributed by atoms with Gasteiger partial charge in [-0.15, -0.1) is 11.3 Å². The van der Waals surface area contributed by atoms with Crippen LogP contribution >= 0.6 is 47.5 Å². The molecule has 1 saturated heterocycles. The predicted octanol–water partition coefficient (Wildman–Crippen LogP) is 4.19. The second-order valence-corrected chi connectivity index (χ2v) is 6.78. The molecule has 1 N–H and O–H groups in total. The topological polar surface area (TPSA) is 12.0 Å². The number of fused-ring (bicyclic) bond motifs is 1. The van der Waals surface area contributed by atoms with Crippen LogP contribution in [-0.2, 0) is 0 Å². The van der Waals surface area contributed by atoms with Crippen LogP contribution < -0.4 is 5.32 Å². The Labute approximate surface area is 118 Å². The molecule has 1 aliphatic rings. The third kappa shape index (κ3) is 2.28. The van der Waals surface area contributed by atoms with Gasteiger partial charge in [-0.3, -0.25) is 0 Å². The number of hydrogen-bond donors (Lipinski definition) is 1. The summed E-state index contributed by atoms with van der Waals surface area (Å²) in [5.41, 5.74) is 0. The second kappa shape index (κ2) is 4.49. The first kappa shape index (κ1) is 11.3. The average Bonchev–Trinajstić information content (AvgIpc) is 2.82. The summed E-state index contributed by atoms with van der Waals surface area (Å²) in [4.78, 5) is 2.98. The van der Waals surface area contributed by atoms with Gasteiger partial charge in [0, 0.05) is 9.58 Å². The predicted molar refractivity (Wildman–Crippen MR) is 85.7 cm³/mol. The highest BCUT2D eigenvalue weighted by Gasteiger charge is 2.18. The highest BCUT2D eigenvalue weighted by molar-refractivity contribution is 8.27. The minimum absolute atomic E-state index is 0.734. The summed E-state index contributed by atoms with van der Waals surface area (Å²) in [6.07, 6.45) is 2.10. The molecule has 5 heteroatoms. The molecule has 0 atom stereocenters. The summed E-state index contributed by atoms with van der Waals surface area (Å²) in [5.74, 6) is 0. The molecule has 0 bridgehead atoms. The fraction of sp³-hybridized carbons (Fsp3) is 0. The van der Waals surface area contributed by atoms with Crippen LogP contribution in [0.3, 0.4) is 0 Å². The monoisotopic (exact) mass is 293 g/mol. The molecule has 3 rings (SSSR count). The van der Waals surface area contributed by atoms with E-state index in [0.29, 0.717) is 0 Å². The summed E-state index contributed by atoms with van der Waals surface area (Å²) in [5, 5.41) is 4.26. The highest BCUT2D eigenvalue weighted by atomic mass is 32.2. The lowest BCUT2D eigenvalue weighted by atomic mass is 10.2. The van der Waals surface area contributed by atoms with Crippen molar-refractivity contribution >= 4 is 73.0 Å². The fourth-order valence-corrected chi connectivity index (χ4v) is 4.18. The van der Waals surface area contributed by atoms with Crippen LogP contribution in [0.2, 0.25) is 0 Å². The van der Waals surface area contributed by atoms with Gasteiger partial charge in [-0.25, -0.2) is 0 Å². The molecule has 1 aliphatic heterocycles. The largest absolute Gasteiger partial charge is 0.331 e. The van der Waals surface area contributed by atoms with E-state index >= 15 is 0 Å². The Bertz CT molecular complexity index is 620. The Morgan fingerprint density at radius 1 is 1.18 bits per heavy atom. The molecule has 0 aliphatic carbocycles. The van der Waals surface area contributed by atoms with Crippen molar-refractivity contribution in [2.45, 2.75) is 0 Å². The molecule has 0 saturated carbocycles. The Balaban J connectivity index is 2.02. The molecular weight excluding hydrogens is 286 g/mol. The third-order valence-electron chi connectivity index (χ3n) is 2.36. The summed E-state index contributed by atoms with van der Waals surface area (Å²) >= 11 is 13.6. The SMILES string of the molecule is S=C1NC(=S)C(=Cc2cc3ccccc3s2)S1. The van der Waals surface area contributed by atoms with Gasteiger partial charge < -0.3 is 5.32 Å². The van der Waals surface area contributed by atoms with E-state index in [0.717, 1.165) is 14.2 Å². The number of thiocarbonyl (C=S) groups is 2. The molecule has 17 heavy (non-hydrogen) atoms. The molecule has 84 valence electrons. The first-order valence-corrected chi connectivity index (χ1v) is 7.41. The Kier molecular flexibility index (Phi) is 3.00. The summed E-state index contributed by atoms with van der Waals surface area (Å²) < 4.78 is 2.03. The summed E-state index contributed by atoms with van der Waals surface area (Å²) in [6.45, 7) is 0. The first-order chi connectivity index (χ1) is 8.22. The smallest absolute Gasteiger partial charge is 0.143 e. The number of thioether (sulfide) groups is 1. The minimum atomic E-state index is 0.734. The summed E-state index contributed by atoms with van der Waals surface area (Å²) in [7, 11) is 0. The molecule has 1 aromatic heterocycles. The van der Waals surface area contributed by atoms with Gasteiger partial charge >= 0.3 is 0 Å². The molecule has 0 radical (unpaired) electrons. The van der Waals surface area contributed by atoms with Crippen LogP contribution in [0.15, 0.2) is 35.2 Å². The molecule has 1 nitrogen and oxygen atoms in total.